The Morgan fingerprint density at radius 1 is 1.28 bits per heavy atom. The maximum Gasteiger partial charge on any atom is 0.416 e. The molecular weight excluding hydrogens is 681 g/mol. The second-order valence-corrected chi connectivity index (χ2v) is 13.9. The maximum atomic E-state index is 14.5. The predicted octanol–water partition coefficient (Wildman–Crippen LogP) is 4.42. The third-order valence-corrected chi connectivity index (χ3v) is 10.9. The number of likely N-dealkylation sites (tertiary alicyclic amines) is 1. The molecule has 1 aromatic carbocycles. The Kier molecular flexibility index (Phi) is 7.42. The van der Waals surface area contributed by atoms with Gasteiger partial charge in [0.05, 0.1) is 29.5 Å². The van der Waals surface area contributed by atoms with E-state index >= 15 is 0 Å². The van der Waals surface area contributed by atoms with E-state index in [1.54, 1.807) is 16.4 Å². The molecule has 1 spiro atoms. The van der Waals surface area contributed by atoms with Gasteiger partial charge in [-0.15, -0.1) is 5.10 Å². The number of ether oxygens (including phenoxy) is 1. The quantitative estimate of drug-likeness (QED) is 0.274. The Morgan fingerprint density at radius 2 is 2.08 bits per heavy atom. The van der Waals surface area contributed by atoms with Crippen LogP contribution in [-0.2, 0) is 27.7 Å². The van der Waals surface area contributed by atoms with E-state index in [4.69, 9.17) is 21.3 Å². The third-order valence-electron chi connectivity index (χ3n) is 10.6. The van der Waals surface area contributed by atoms with Crippen molar-refractivity contribution in [1.29, 1.82) is 0 Å². The number of H-pyrrole nitrogens is 1. The summed E-state index contributed by atoms with van der Waals surface area (Å²) in [7, 11) is 0. The molecule has 13 nitrogen and oxygen atoms in total. The van der Waals surface area contributed by atoms with Crippen LogP contribution < -0.4 is 10.9 Å². The van der Waals surface area contributed by atoms with Crippen molar-refractivity contribution in [3.8, 4) is 5.75 Å². The molecule has 50 heavy (non-hydrogen) atoms. The number of nitrogens with zero attached hydrogens (tertiary/aromatic N) is 6. The molecule has 4 unspecified atom stereocenters. The number of anilines is 1. The molecule has 5 heterocycles. The first kappa shape index (κ1) is 32.5. The van der Waals surface area contributed by atoms with Gasteiger partial charge in [0, 0.05) is 35.2 Å². The lowest BCUT2D eigenvalue weighted by Gasteiger charge is -2.45. The van der Waals surface area contributed by atoms with E-state index in [0.29, 0.717) is 61.8 Å². The molecule has 1 saturated carbocycles. The number of carbonyl (C=O) groups excluding carboxylic acids is 2. The molecule has 17 heteroatoms. The number of fused-ring (bicyclic) bond motifs is 6. The van der Waals surface area contributed by atoms with Crippen molar-refractivity contribution < 1.29 is 32.6 Å². The first-order chi connectivity index (χ1) is 23.8. The fourth-order valence-corrected chi connectivity index (χ4v) is 8.46. The molecule has 4 aromatic rings. The highest BCUT2D eigenvalue weighted by Gasteiger charge is 2.65. The molecule has 4 aliphatic rings. The summed E-state index contributed by atoms with van der Waals surface area (Å²) in [4.78, 5) is 48.0. The number of aromatic nitrogens is 6. The molecule has 2 amide bonds. The smallest absolute Gasteiger partial charge is 0.416 e. The number of aryl methyl sites for hydroxylation is 1. The molecule has 2 fully saturated rings. The van der Waals surface area contributed by atoms with Gasteiger partial charge in [-0.25, -0.2) is 0 Å². The lowest BCUT2D eigenvalue weighted by molar-refractivity contribution is -0.137. The second-order valence-electron chi connectivity index (χ2n) is 13.5. The molecule has 4 atom stereocenters. The Labute approximate surface area is 287 Å². The largest absolute Gasteiger partial charge is 0.504 e. The van der Waals surface area contributed by atoms with Crippen LogP contribution >= 0.6 is 11.6 Å². The van der Waals surface area contributed by atoms with E-state index < -0.39 is 23.1 Å². The second kappa shape index (κ2) is 11.4. The number of alkyl halides is 3. The van der Waals surface area contributed by atoms with Crippen molar-refractivity contribution in [2.45, 2.75) is 69.6 Å². The van der Waals surface area contributed by atoms with Crippen molar-refractivity contribution >= 4 is 40.5 Å². The van der Waals surface area contributed by atoms with Crippen LogP contribution in [0.2, 0.25) is 5.02 Å². The molecule has 3 N–H and O–H groups in total. The van der Waals surface area contributed by atoms with E-state index in [1.165, 1.54) is 4.52 Å². The summed E-state index contributed by atoms with van der Waals surface area (Å²) in [5, 5.41) is 24.0. The van der Waals surface area contributed by atoms with E-state index in [1.807, 2.05) is 13.0 Å². The van der Waals surface area contributed by atoms with Crippen molar-refractivity contribution in [2.24, 2.45) is 5.92 Å². The lowest BCUT2D eigenvalue weighted by atomic mass is 9.69. The average molecular weight is 713 g/mol. The molecule has 2 aliphatic carbocycles. The number of hydrogen-bond donors (Lipinski definition) is 3. The summed E-state index contributed by atoms with van der Waals surface area (Å²) in [5.41, 5.74) is 0.513. The van der Waals surface area contributed by atoms with Crippen LogP contribution in [0.25, 0.3) is 11.4 Å². The highest BCUT2D eigenvalue weighted by Crippen LogP contribution is 2.68. The summed E-state index contributed by atoms with van der Waals surface area (Å²) < 4.78 is 48.1. The van der Waals surface area contributed by atoms with Gasteiger partial charge in [0.2, 0.25) is 11.7 Å². The third kappa shape index (κ3) is 5.01. The minimum absolute atomic E-state index is 0.0121. The summed E-state index contributed by atoms with van der Waals surface area (Å²) in [6.07, 6.45) is -0.482. The van der Waals surface area contributed by atoms with Gasteiger partial charge in [0.25, 0.3) is 11.5 Å². The summed E-state index contributed by atoms with van der Waals surface area (Å²) in [6, 6.07) is 2.40. The minimum atomic E-state index is -4.60. The van der Waals surface area contributed by atoms with E-state index in [2.05, 4.69) is 20.6 Å². The number of carbonyl (C=O) groups is 2. The van der Waals surface area contributed by atoms with Gasteiger partial charge in [-0.3, -0.25) is 19.5 Å². The van der Waals surface area contributed by atoms with Crippen molar-refractivity contribution in [3.63, 3.8) is 0 Å². The highest BCUT2D eigenvalue weighted by atomic mass is 35.5. The van der Waals surface area contributed by atoms with Crippen molar-refractivity contribution in [2.75, 3.05) is 25.1 Å². The molecule has 262 valence electrons. The van der Waals surface area contributed by atoms with E-state index in [-0.39, 0.29) is 63.8 Å². The van der Waals surface area contributed by atoms with E-state index in [0.717, 1.165) is 30.2 Å². The zero-order valence-electron chi connectivity index (χ0n) is 27.0. The van der Waals surface area contributed by atoms with Crippen molar-refractivity contribution in [1.82, 2.24) is 34.3 Å². The van der Waals surface area contributed by atoms with Gasteiger partial charge >= 0.3 is 6.18 Å². The summed E-state index contributed by atoms with van der Waals surface area (Å²) in [6.45, 7) is 4.37. The van der Waals surface area contributed by atoms with Crippen LogP contribution in [0.15, 0.2) is 29.1 Å². The molecule has 1 saturated heterocycles. The molecule has 3 aromatic heterocycles. The topological polar surface area (TPSA) is 160 Å². The SMILES string of the molecule is Cc1n[nH]c(C(=O)N2CCC3(CC2C)c2c(n(CC(=O)Nc4ccc(C(F)(F)F)cc4Cl)c4nc(C5=CCOCC5)nn4c2=O)C2CC23)c1O. The number of rotatable bonds is 5. The average Bonchev–Trinajstić information content (AvgIpc) is 3.52. The number of aromatic amines is 1. The first-order valence-electron chi connectivity index (χ1n) is 16.3. The Bertz CT molecular complexity index is 2190. The highest BCUT2D eigenvalue weighted by molar-refractivity contribution is 6.33. The number of nitrogens with one attached hydrogen (secondary N) is 2. The zero-order chi connectivity index (χ0) is 35.3. The van der Waals surface area contributed by atoms with Gasteiger partial charge < -0.3 is 24.6 Å². The monoisotopic (exact) mass is 712 g/mol. The van der Waals surface area contributed by atoms with E-state index in [9.17, 15) is 32.7 Å². The Morgan fingerprint density at radius 3 is 2.74 bits per heavy atom. The summed E-state index contributed by atoms with van der Waals surface area (Å²) >= 11 is 6.15. The molecule has 0 bridgehead atoms. The zero-order valence-corrected chi connectivity index (χ0v) is 27.7. The van der Waals surface area contributed by atoms with Gasteiger partial charge in [-0.1, -0.05) is 17.7 Å². The molecular formula is C33H32ClF3N8O5. The predicted molar refractivity (Wildman–Crippen MR) is 173 cm³/mol. The number of amides is 2. The van der Waals surface area contributed by atoms with Gasteiger partial charge in [0.15, 0.2) is 17.3 Å². The number of benzene rings is 1. The Balaban J connectivity index is 1.18. The van der Waals surface area contributed by atoms with Crippen LogP contribution in [-0.4, -0.2) is 77.0 Å². The fraction of sp³-hybridized carbons (Fsp3) is 0.455. The van der Waals surface area contributed by atoms with Crippen LogP contribution in [0.1, 0.15) is 77.4 Å². The standard InChI is InChI=1S/C33H32ClF3N8O5/c1-15-13-32(7-8-43(15)30(49)25-27(47)16(2)40-41-25)20-12-19(20)26-24(32)29(48)45-31(39-28(42-45)17-5-9-50-10-6-17)44(26)14-23(46)38-22-4-3-18(11-21(22)34)33(35,36)37/h3-5,11,15,19-20,47H,6-10,12-14H2,1-2H3,(H,38,46)(H,40,41). The van der Waals surface area contributed by atoms with Crippen LogP contribution in [0.5, 0.6) is 5.75 Å². The first-order valence-corrected chi connectivity index (χ1v) is 16.7. The molecule has 2 aliphatic heterocycles. The lowest BCUT2D eigenvalue weighted by Crippen LogP contribution is -2.52. The van der Waals surface area contributed by atoms with Crippen molar-refractivity contribution in [3.05, 3.63) is 73.7 Å². The number of aromatic hydroxyl groups is 1. The molecule has 0 radical (unpaired) electrons. The minimum Gasteiger partial charge on any atom is -0.504 e. The molecule has 8 rings (SSSR count). The maximum absolute atomic E-state index is 14.5. The Hall–Kier alpha value is -4.70. The number of halogens is 4. The van der Waals surface area contributed by atoms with Gasteiger partial charge in [-0.2, -0.15) is 27.8 Å². The number of piperidine rings is 1. The van der Waals surface area contributed by atoms with Gasteiger partial charge in [-0.05, 0) is 69.2 Å². The normalized spacial score (nSPS) is 24.3. The number of hydrogen-bond acceptors (Lipinski definition) is 8. The van der Waals surface area contributed by atoms with Crippen LogP contribution in [0.3, 0.4) is 0 Å². The fourth-order valence-electron chi connectivity index (χ4n) is 8.23. The van der Waals surface area contributed by atoms with Gasteiger partial charge in [0.1, 0.15) is 12.2 Å². The van der Waals surface area contributed by atoms with Crippen LogP contribution in [0, 0.1) is 12.8 Å². The summed E-state index contributed by atoms with van der Waals surface area (Å²) in [5.74, 6) is -0.572. The van der Waals surface area contributed by atoms with Crippen LogP contribution in [0.4, 0.5) is 18.9 Å².